The van der Waals surface area contributed by atoms with Gasteiger partial charge in [0.1, 0.15) is 30.3 Å². The molecule has 6 rings (SSSR count). The van der Waals surface area contributed by atoms with Crippen LogP contribution in [0.5, 0.6) is 5.88 Å². The number of ether oxygens (including phenoxy) is 4. The molecule has 2 saturated heterocycles. The monoisotopic (exact) mass is 709 g/mol. The molecule has 0 N–H and O–H groups in total. The lowest BCUT2D eigenvalue weighted by atomic mass is 10.0. The van der Waals surface area contributed by atoms with Gasteiger partial charge in [0.15, 0.2) is 0 Å². The second-order valence-corrected chi connectivity index (χ2v) is 15.5. The number of amides is 2. The standard InChI is InChI=1S/C38H52FN5O7/c1-24-17-42(31(19-43(24)37(47)51-38(4,5)6)18-41-13-14-48-23-34(41)28-9-10-28)20-35(46)44-25(2)21-50-36-33(44)16-29(32(40-36)22-49-26(3)45)15-27-7-11-30(39)12-8-27/h7-8,11-12,16,24-25,28,31,34H,9-10,13-15,17-23H2,1-6H3/t24-,25+,31+,34?/m1/s1. The molecule has 1 unspecified atom stereocenters. The number of esters is 1. The molecule has 0 spiro atoms. The van der Waals surface area contributed by atoms with Gasteiger partial charge in [0.05, 0.1) is 31.5 Å². The molecule has 3 aliphatic heterocycles. The van der Waals surface area contributed by atoms with Crippen LogP contribution in [0.15, 0.2) is 30.3 Å². The number of carbonyl (C=O) groups excluding carboxylic acids is 3. The fourth-order valence-corrected chi connectivity index (χ4v) is 7.37. The Bertz CT molecular complexity index is 1580. The van der Waals surface area contributed by atoms with E-state index in [0.29, 0.717) is 68.5 Å². The van der Waals surface area contributed by atoms with Crippen LogP contribution in [-0.2, 0) is 36.8 Å². The van der Waals surface area contributed by atoms with Crippen molar-refractivity contribution in [2.45, 2.75) is 97.2 Å². The zero-order valence-electron chi connectivity index (χ0n) is 30.7. The topological polar surface area (TPSA) is 114 Å². The average molecular weight is 710 g/mol. The Labute approximate surface area is 300 Å². The first-order valence-electron chi connectivity index (χ1n) is 18.2. The minimum atomic E-state index is -0.623. The van der Waals surface area contributed by atoms with Gasteiger partial charge in [-0.3, -0.25) is 19.4 Å². The first-order chi connectivity index (χ1) is 24.3. The van der Waals surface area contributed by atoms with E-state index in [9.17, 15) is 18.8 Å². The molecule has 2 aromatic rings. The van der Waals surface area contributed by atoms with E-state index in [-0.39, 0.29) is 55.7 Å². The third kappa shape index (κ3) is 9.17. The van der Waals surface area contributed by atoms with Crippen molar-refractivity contribution in [2.75, 3.05) is 57.4 Å². The summed E-state index contributed by atoms with van der Waals surface area (Å²) in [5, 5.41) is 0. The molecule has 4 atom stereocenters. The molecule has 4 heterocycles. The third-order valence-corrected chi connectivity index (χ3v) is 10.1. The van der Waals surface area contributed by atoms with E-state index < -0.39 is 11.6 Å². The molecule has 3 fully saturated rings. The molecule has 1 aliphatic carbocycles. The number of benzene rings is 1. The number of anilines is 1. The summed E-state index contributed by atoms with van der Waals surface area (Å²) in [6, 6.07) is 7.87. The average Bonchev–Trinajstić information content (AvgIpc) is 3.91. The number of halogens is 1. The molecule has 2 amide bonds. The number of hydrogen-bond donors (Lipinski definition) is 0. The van der Waals surface area contributed by atoms with Gasteiger partial charge in [0, 0.05) is 51.2 Å². The van der Waals surface area contributed by atoms with Gasteiger partial charge in [0.25, 0.3) is 0 Å². The normalized spacial score (nSPS) is 24.5. The predicted molar refractivity (Wildman–Crippen MR) is 188 cm³/mol. The van der Waals surface area contributed by atoms with Gasteiger partial charge in [-0.25, -0.2) is 14.2 Å². The van der Waals surface area contributed by atoms with E-state index in [4.69, 9.17) is 23.9 Å². The number of aromatic nitrogens is 1. The summed E-state index contributed by atoms with van der Waals surface area (Å²) >= 11 is 0. The van der Waals surface area contributed by atoms with Gasteiger partial charge in [-0.05, 0) is 89.1 Å². The number of rotatable bonds is 9. The lowest BCUT2D eigenvalue weighted by molar-refractivity contribution is -0.142. The lowest BCUT2D eigenvalue weighted by Crippen LogP contribution is -2.65. The molecular formula is C38H52FN5O7. The van der Waals surface area contributed by atoms with Crippen LogP contribution in [0.3, 0.4) is 0 Å². The quantitative estimate of drug-likeness (QED) is 0.347. The molecule has 1 aromatic carbocycles. The predicted octanol–water partition coefficient (Wildman–Crippen LogP) is 4.41. The highest BCUT2D eigenvalue weighted by Gasteiger charge is 2.43. The summed E-state index contributed by atoms with van der Waals surface area (Å²) in [5.41, 5.74) is 2.02. The van der Waals surface area contributed by atoms with Crippen LogP contribution >= 0.6 is 0 Å². The van der Waals surface area contributed by atoms with E-state index >= 15 is 0 Å². The van der Waals surface area contributed by atoms with Crippen molar-refractivity contribution in [3.63, 3.8) is 0 Å². The summed E-state index contributed by atoms with van der Waals surface area (Å²) in [7, 11) is 0. The van der Waals surface area contributed by atoms with Crippen molar-refractivity contribution >= 4 is 23.7 Å². The number of nitrogens with zero attached hydrogens (tertiary/aromatic N) is 5. The Balaban J connectivity index is 1.27. The number of carbonyl (C=O) groups is 3. The fraction of sp³-hybridized carbons (Fsp3) is 0.632. The van der Waals surface area contributed by atoms with Gasteiger partial charge < -0.3 is 28.7 Å². The van der Waals surface area contributed by atoms with Crippen LogP contribution < -0.4 is 9.64 Å². The second kappa shape index (κ2) is 15.4. The first-order valence-corrected chi connectivity index (χ1v) is 18.2. The van der Waals surface area contributed by atoms with Gasteiger partial charge in [-0.15, -0.1) is 0 Å². The summed E-state index contributed by atoms with van der Waals surface area (Å²) in [6.45, 7) is 15.1. The van der Waals surface area contributed by atoms with E-state index in [1.165, 1.54) is 31.9 Å². The largest absolute Gasteiger partial charge is 0.474 e. The molecule has 12 nitrogen and oxygen atoms in total. The number of hydrogen-bond acceptors (Lipinski definition) is 10. The van der Waals surface area contributed by atoms with Crippen LogP contribution in [0.2, 0.25) is 0 Å². The van der Waals surface area contributed by atoms with Crippen LogP contribution in [0.4, 0.5) is 14.9 Å². The van der Waals surface area contributed by atoms with Crippen LogP contribution in [0.1, 0.15) is 71.2 Å². The van der Waals surface area contributed by atoms with E-state index in [1.807, 2.05) is 45.6 Å². The summed E-state index contributed by atoms with van der Waals surface area (Å²) in [5.74, 6) is 0.0462. The molecule has 13 heteroatoms. The zero-order valence-corrected chi connectivity index (χ0v) is 30.7. The number of piperazine rings is 1. The maximum absolute atomic E-state index is 14.5. The van der Waals surface area contributed by atoms with Crippen LogP contribution in [0, 0.1) is 11.7 Å². The third-order valence-electron chi connectivity index (χ3n) is 10.1. The molecule has 1 aromatic heterocycles. The number of morpholine rings is 1. The molecule has 0 radical (unpaired) electrons. The molecule has 278 valence electrons. The Kier molecular flexibility index (Phi) is 11.2. The van der Waals surface area contributed by atoms with Gasteiger partial charge in [-0.1, -0.05) is 12.1 Å². The molecule has 0 bridgehead atoms. The van der Waals surface area contributed by atoms with Crippen LogP contribution in [-0.4, -0.2) is 120 Å². The van der Waals surface area contributed by atoms with Crippen molar-refractivity contribution in [3.05, 3.63) is 53.0 Å². The number of fused-ring (bicyclic) bond motifs is 1. The molecule has 4 aliphatic rings. The van der Waals surface area contributed by atoms with Gasteiger partial charge in [-0.2, -0.15) is 0 Å². The lowest BCUT2D eigenvalue weighted by Gasteiger charge is -2.48. The van der Waals surface area contributed by atoms with Gasteiger partial charge >= 0.3 is 12.1 Å². The maximum atomic E-state index is 14.5. The van der Waals surface area contributed by atoms with Crippen molar-refractivity contribution in [3.8, 4) is 5.88 Å². The van der Waals surface area contributed by atoms with Crippen molar-refractivity contribution in [1.82, 2.24) is 19.7 Å². The minimum absolute atomic E-state index is 0.0586. The minimum Gasteiger partial charge on any atom is -0.474 e. The van der Waals surface area contributed by atoms with Crippen LogP contribution in [0.25, 0.3) is 0 Å². The fourth-order valence-electron chi connectivity index (χ4n) is 7.37. The van der Waals surface area contributed by atoms with E-state index in [2.05, 4.69) is 9.80 Å². The summed E-state index contributed by atoms with van der Waals surface area (Å²) in [6.07, 6.45) is 2.45. The highest BCUT2D eigenvalue weighted by Crippen LogP contribution is 2.38. The summed E-state index contributed by atoms with van der Waals surface area (Å²) < 4.78 is 36.8. The maximum Gasteiger partial charge on any atom is 0.410 e. The highest BCUT2D eigenvalue weighted by atomic mass is 19.1. The zero-order chi connectivity index (χ0) is 36.4. The Hall–Kier alpha value is -3.81. The molecule has 1 saturated carbocycles. The Morgan fingerprint density at radius 2 is 1.76 bits per heavy atom. The SMILES string of the molecule is CC(=O)OCc1nc2c(cc1Cc1ccc(F)cc1)N(C(=O)CN1C[C@@H](C)N(C(=O)OC(C)(C)C)C[C@@H]1CN1CCOCC1C1CC1)[C@@H](C)CO2. The van der Waals surface area contributed by atoms with E-state index in [1.54, 1.807) is 17.0 Å². The van der Waals surface area contributed by atoms with Crippen molar-refractivity contribution in [2.24, 2.45) is 5.92 Å². The Morgan fingerprint density at radius 3 is 2.45 bits per heavy atom. The second-order valence-electron chi connectivity index (χ2n) is 15.5. The van der Waals surface area contributed by atoms with E-state index in [0.717, 1.165) is 17.7 Å². The molecule has 51 heavy (non-hydrogen) atoms. The smallest absolute Gasteiger partial charge is 0.410 e. The molecular weight excluding hydrogens is 657 g/mol. The summed E-state index contributed by atoms with van der Waals surface area (Å²) in [4.78, 5) is 52.7. The highest BCUT2D eigenvalue weighted by molar-refractivity contribution is 5.97. The van der Waals surface area contributed by atoms with Crippen molar-refractivity contribution in [1.29, 1.82) is 0 Å². The van der Waals surface area contributed by atoms with Gasteiger partial charge in [0.2, 0.25) is 11.8 Å². The number of pyridine rings is 1. The first kappa shape index (κ1) is 37.0. The van der Waals surface area contributed by atoms with Crippen molar-refractivity contribution < 1.29 is 37.7 Å². The Morgan fingerprint density at radius 1 is 1.02 bits per heavy atom.